The summed E-state index contributed by atoms with van der Waals surface area (Å²) in [5.41, 5.74) is 7.65. The second-order valence-corrected chi connectivity index (χ2v) is 8.19. The SMILES string of the molecule is C[C@H](CO)CSCc1nc(N)c2c3c(sc2n1)CCCCC3. The molecule has 0 saturated heterocycles. The van der Waals surface area contributed by atoms with Crippen LogP contribution in [0.2, 0.25) is 0 Å². The van der Waals surface area contributed by atoms with E-state index in [2.05, 4.69) is 4.98 Å². The molecule has 0 fully saturated rings. The van der Waals surface area contributed by atoms with Crippen molar-refractivity contribution < 1.29 is 5.11 Å². The van der Waals surface area contributed by atoms with E-state index < -0.39 is 0 Å². The molecule has 0 spiro atoms. The third-order valence-corrected chi connectivity index (χ3v) is 6.54. The Labute approximate surface area is 139 Å². The Morgan fingerprint density at radius 3 is 2.91 bits per heavy atom. The van der Waals surface area contributed by atoms with Crippen LogP contribution in [0.3, 0.4) is 0 Å². The fraction of sp³-hybridized carbons (Fsp3) is 0.625. The zero-order valence-electron chi connectivity index (χ0n) is 13.0. The van der Waals surface area contributed by atoms with E-state index in [1.54, 1.807) is 23.1 Å². The van der Waals surface area contributed by atoms with E-state index in [0.29, 0.717) is 11.7 Å². The van der Waals surface area contributed by atoms with Gasteiger partial charge in [0.1, 0.15) is 16.5 Å². The van der Waals surface area contributed by atoms with Crippen molar-refractivity contribution in [2.45, 2.75) is 44.8 Å². The highest BCUT2D eigenvalue weighted by Gasteiger charge is 2.19. The van der Waals surface area contributed by atoms with Gasteiger partial charge in [0.05, 0.1) is 11.1 Å². The first kappa shape index (κ1) is 16.0. The molecular formula is C16H23N3OS2. The van der Waals surface area contributed by atoms with Gasteiger partial charge in [-0.05, 0) is 42.9 Å². The number of nitrogen functional groups attached to an aromatic ring is 1. The molecule has 0 aliphatic heterocycles. The van der Waals surface area contributed by atoms with Crippen molar-refractivity contribution in [1.29, 1.82) is 0 Å². The van der Waals surface area contributed by atoms with E-state index in [1.165, 1.54) is 29.7 Å². The highest BCUT2D eigenvalue weighted by atomic mass is 32.2. The highest BCUT2D eigenvalue weighted by molar-refractivity contribution is 7.98. The second-order valence-electron chi connectivity index (χ2n) is 6.07. The van der Waals surface area contributed by atoms with Crippen LogP contribution in [0, 0.1) is 5.92 Å². The molecule has 6 heteroatoms. The number of fused-ring (bicyclic) bond motifs is 3. The first-order valence-electron chi connectivity index (χ1n) is 7.94. The minimum Gasteiger partial charge on any atom is -0.396 e. The molecule has 3 rings (SSSR count). The molecule has 2 heterocycles. The van der Waals surface area contributed by atoms with Crippen LogP contribution < -0.4 is 5.73 Å². The minimum atomic E-state index is 0.229. The Morgan fingerprint density at radius 2 is 2.09 bits per heavy atom. The van der Waals surface area contributed by atoms with Crippen molar-refractivity contribution in [3.8, 4) is 0 Å². The standard InChI is InChI=1S/C16H23N3OS2/c1-10(7-20)8-21-9-13-18-15(17)14-11-5-3-2-4-6-12(11)22-16(14)19-13/h10,20H,2-9H2,1H3,(H2,17,18,19)/t10-/m1/s1. The average molecular weight is 338 g/mol. The molecule has 1 aliphatic carbocycles. The lowest BCUT2D eigenvalue weighted by molar-refractivity contribution is 0.250. The maximum absolute atomic E-state index is 9.07. The number of hydrogen-bond donors (Lipinski definition) is 2. The Kier molecular flexibility index (Phi) is 5.21. The molecule has 0 amide bonds. The largest absolute Gasteiger partial charge is 0.396 e. The molecule has 0 radical (unpaired) electrons. The number of aryl methyl sites for hydroxylation is 2. The van der Waals surface area contributed by atoms with Crippen LogP contribution in [0.25, 0.3) is 10.2 Å². The number of nitrogens with two attached hydrogens (primary N) is 1. The van der Waals surface area contributed by atoms with Crippen LogP contribution in [-0.2, 0) is 18.6 Å². The summed E-state index contributed by atoms with van der Waals surface area (Å²) in [5, 5.41) is 10.2. The van der Waals surface area contributed by atoms with Crippen LogP contribution in [0.5, 0.6) is 0 Å². The van der Waals surface area contributed by atoms with Crippen molar-refractivity contribution in [3.05, 3.63) is 16.3 Å². The number of rotatable bonds is 5. The number of anilines is 1. The molecule has 1 aliphatic rings. The molecule has 0 unspecified atom stereocenters. The Balaban J connectivity index is 1.83. The zero-order valence-corrected chi connectivity index (χ0v) is 14.6. The topological polar surface area (TPSA) is 72.0 Å². The number of nitrogens with zero attached hydrogens (tertiary/aromatic N) is 2. The molecule has 1 atom stereocenters. The lowest BCUT2D eigenvalue weighted by atomic mass is 10.1. The van der Waals surface area contributed by atoms with Gasteiger partial charge in [-0.25, -0.2) is 9.97 Å². The van der Waals surface area contributed by atoms with Crippen LogP contribution in [-0.4, -0.2) is 27.4 Å². The van der Waals surface area contributed by atoms with Gasteiger partial charge in [0.15, 0.2) is 0 Å². The highest BCUT2D eigenvalue weighted by Crippen LogP contribution is 2.37. The number of thioether (sulfide) groups is 1. The summed E-state index contributed by atoms with van der Waals surface area (Å²) in [6.45, 7) is 2.27. The van der Waals surface area contributed by atoms with E-state index in [-0.39, 0.29) is 6.61 Å². The van der Waals surface area contributed by atoms with Gasteiger partial charge in [0, 0.05) is 11.5 Å². The fourth-order valence-electron chi connectivity index (χ4n) is 2.88. The molecule has 4 nitrogen and oxygen atoms in total. The fourth-order valence-corrected chi connectivity index (χ4v) is 5.10. The Morgan fingerprint density at radius 1 is 1.27 bits per heavy atom. The smallest absolute Gasteiger partial charge is 0.142 e. The van der Waals surface area contributed by atoms with E-state index in [4.69, 9.17) is 15.8 Å². The predicted octanol–water partition coefficient (Wildman–Crippen LogP) is 3.40. The molecule has 0 bridgehead atoms. The van der Waals surface area contributed by atoms with Gasteiger partial charge in [0.25, 0.3) is 0 Å². The molecule has 22 heavy (non-hydrogen) atoms. The van der Waals surface area contributed by atoms with Crippen molar-refractivity contribution >= 4 is 39.1 Å². The summed E-state index contributed by atoms with van der Waals surface area (Å²) in [7, 11) is 0. The van der Waals surface area contributed by atoms with Gasteiger partial charge in [0.2, 0.25) is 0 Å². The van der Waals surface area contributed by atoms with Gasteiger partial charge in [-0.15, -0.1) is 11.3 Å². The van der Waals surface area contributed by atoms with Gasteiger partial charge < -0.3 is 10.8 Å². The number of hydrogen-bond acceptors (Lipinski definition) is 6. The normalized spacial score (nSPS) is 16.5. The Hall–Kier alpha value is -0.850. The summed E-state index contributed by atoms with van der Waals surface area (Å²) in [6.07, 6.45) is 6.10. The number of aliphatic hydroxyl groups is 1. The van der Waals surface area contributed by atoms with Gasteiger partial charge in [-0.3, -0.25) is 0 Å². The average Bonchev–Trinajstić information content (AvgIpc) is 2.69. The van der Waals surface area contributed by atoms with E-state index in [9.17, 15) is 0 Å². The third-order valence-electron chi connectivity index (χ3n) is 4.08. The lowest BCUT2D eigenvalue weighted by Gasteiger charge is -2.07. The first-order chi connectivity index (χ1) is 10.7. The summed E-state index contributed by atoms with van der Waals surface area (Å²) in [6, 6.07) is 0. The zero-order chi connectivity index (χ0) is 15.5. The van der Waals surface area contributed by atoms with Gasteiger partial charge in [-0.2, -0.15) is 11.8 Å². The molecule has 120 valence electrons. The summed E-state index contributed by atoms with van der Waals surface area (Å²) in [4.78, 5) is 11.8. The number of thiophene rings is 1. The summed E-state index contributed by atoms with van der Waals surface area (Å²) >= 11 is 3.56. The number of aromatic nitrogens is 2. The third kappa shape index (κ3) is 3.39. The molecule has 2 aromatic rings. The molecule has 2 aromatic heterocycles. The van der Waals surface area contributed by atoms with Crippen LogP contribution in [0.15, 0.2) is 0 Å². The molecule has 0 aromatic carbocycles. The predicted molar refractivity (Wildman–Crippen MR) is 95.5 cm³/mol. The van der Waals surface area contributed by atoms with Gasteiger partial charge >= 0.3 is 0 Å². The molecule has 3 N–H and O–H groups in total. The van der Waals surface area contributed by atoms with E-state index in [1.807, 2.05) is 6.92 Å². The summed E-state index contributed by atoms with van der Waals surface area (Å²) in [5.74, 6) is 3.45. The van der Waals surface area contributed by atoms with E-state index in [0.717, 1.165) is 40.4 Å². The maximum atomic E-state index is 9.07. The van der Waals surface area contributed by atoms with Crippen LogP contribution in [0.1, 0.15) is 42.5 Å². The first-order valence-corrected chi connectivity index (χ1v) is 9.91. The van der Waals surface area contributed by atoms with Crippen LogP contribution in [0.4, 0.5) is 5.82 Å². The van der Waals surface area contributed by atoms with Crippen molar-refractivity contribution in [2.24, 2.45) is 5.92 Å². The quantitative estimate of drug-likeness (QED) is 0.818. The monoisotopic (exact) mass is 337 g/mol. The van der Waals surface area contributed by atoms with E-state index >= 15 is 0 Å². The van der Waals surface area contributed by atoms with Crippen molar-refractivity contribution in [3.63, 3.8) is 0 Å². The molecule has 0 saturated carbocycles. The molecular weight excluding hydrogens is 314 g/mol. The summed E-state index contributed by atoms with van der Waals surface area (Å²) < 4.78 is 0. The lowest BCUT2D eigenvalue weighted by Crippen LogP contribution is -2.05. The number of aliphatic hydroxyl groups excluding tert-OH is 1. The minimum absolute atomic E-state index is 0.229. The van der Waals surface area contributed by atoms with Gasteiger partial charge in [-0.1, -0.05) is 13.3 Å². The van der Waals surface area contributed by atoms with Crippen molar-refractivity contribution in [2.75, 3.05) is 18.1 Å². The Bertz CT molecular complexity index is 656. The second kappa shape index (κ2) is 7.15. The van der Waals surface area contributed by atoms with Crippen molar-refractivity contribution in [1.82, 2.24) is 9.97 Å². The van der Waals surface area contributed by atoms with Crippen LogP contribution >= 0.6 is 23.1 Å². The maximum Gasteiger partial charge on any atom is 0.142 e.